The van der Waals surface area contributed by atoms with Gasteiger partial charge in [0.05, 0.1) is 5.56 Å². The number of carbonyl (C=O) groups is 2. The monoisotopic (exact) mass is 290 g/mol. The molecule has 0 fully saturated rings. The zero-order chi connectivity index (χ0) is 14.5. The number of benzene rings is 2. The summed E-state index contributed by atoms with van der Waals surface area (Å²) in [4.78, 5) is 26.9. The van der Waals surface area contributed by atoms with E-state index in [1.54, 1.807) is 24.3 Å². The van der Waals surface area contributed by atoms with Gasteiger partial charge in [-0.2, -0.15) is 5.26 Å². The molecule has 0 atom stereocenters. The van der Waals surface area contributed by atoms with Crippen LogP contribution in [0.2, 0.25) is 0 Å². The van der Waals surface area contributed by atoms with E-state index in [1.165, 1.54) is 24.3 Å². The second-order valence-electron chi connectivity index (χ2n) is 4.12. The van der Waals surface area contributed by atoms with Crippen LogP contribution >= 0.6 is 11.6 Å². The number of carbonyl (C=O) groups excluding carboxylic acids is 2. The summed E-state index contributed by atoms with van der Waals surface area (Å²) in [5, 5.41) is 8.27. The zero-order valence-electron chi connectivity index (χ0n) is 10.4. The van der Waals surface area contributed by atoms with Crippen LogP contribution in [0.4, 0.5) is 0 Å². The Bertz CT molecular complexity index is 617. The van der Waals surface area contributed by atoms with Crippen LogP contribution in [0.5, 0.6) is 0 Å². The lowest BCUT2D eigenvalue weighted by atomic mass is 10.0. The van der Waals surface area contributed by atoms with Gasteiger partial charge in [-0.3, -0.25) is 9.68 Å². The number of hydrogen-bond acceptors (Lipinski definition) is 4. The van der Waals surface area contributed by atoms with Crippen molar-refractivity contribution in [2.75, 3.05) is 0 Å². The molecule has 0 saturated heterocycles. The molecule has 0 spiro atoms. The molecule has 0 amide bonds. The van der Waals surface area contributed by atoms with Gasteiger partial charge in [0.2, 0.25) is 0 Å². The van der Waals surface area contributed by atoms with Gasteiger partial charge in [-0.25, -0.2) is 4.79 Å². The third-order valence-corrected chi connectivity index (χ3v) is 3.14. The molecule has 2 aromatic rings. The molecular formula is C15H11ClO4. The van der Waals surface area contributed by atoms with Crippen molar-refractivity contribution in [3.63, 3.8) is 0 Å². The van der Waals surface area contributed by atoms with Crippen molar-refractivity contribution in [1.29, 1.82) is 0 Å². The highest BCUT2D eigenvalue weighted by molar-refractivity contribution is 6.17. The van der Waals surface area contributed by atoms with Crippen molar-refractivity contribution in [3.05, 3.63) is 70.8 Å². The molecule has 20 heavy (non-hydrogen) atoms. The molecular weight excluding hydrogens is 280 g/mol. The summed E-state index contributed by atoms with van der Waals surface area (Å²) in [6.07, 6.45) is 0. The molecule has 0 heterocycles. The smallest absolute Gasteiger partial charge is 0.296 e. The first kappa shape index (κ1) is 14.2. The van der Waals surface area contributed by atoms with Crippen LogP contribution in [0.15, 0.2) is 48.5 Å². The fraction of sp³-hybridized carbons (Fsp3) is 0.0667. The molecule has 5 heteroatoms. The van der Waals surface area contributed by atoms with Crippen LogP contribution < -0.4 is 0 Å². The molecule has 102 valence electrons. The highest BCUT2D eigenvalue weighted by Gasteiger charge is 2.11. The third kappa shape index (κ3) is 3.04. The maximum atomic E-state index is 12.2. The SMILES string of the molecule is O=C(OO)c1ccc(C(=O)c2ccc(CCl)cc2)cc1. The van der Waals surface area contributed by atoms with Crippen molar-refractivity contribution < 1.29 is 19.7 Å². The Morgan fingerprint density at radius 3 is 1.80 bits per heavy atom. The first-order valence-corrected chi connectivity index (χ1v) is 6.34. The molecule has 0 aromatic heterocycles. The minimum Gasteiger partial charge on any atom is -0.296 e. The van der Waals surface area contributed by atoms with Gasteiger partial charge in [-0.15, -0.1) is 11.6 Å². The second kappa shape index (κ2) is 6.32. The number of rotatable bonds is 4. The summed E-state index contributed by atoms with van der Waals surface area (Å²) in [6, 6.07) is 12.8. The van der Waals surface area contributed by atoms with Crippen molar-refractivity contribution >= 4 is 23.4 Å². The normalized spacial score (nSPS) is 10.1. The highest BCUT2D eigenvalue weighted by Crippen LogP contribution is 2.13. The van der Waals surface area contributed by atoms with Crippen LogP contribution in [-0.4, -0.2) is 17.0 Å². The van der Waals surface area contributed by atoms with Crippen molar-refractivity contribution in [1.82, 2.24) is 0 Å². The van der Waals surface area contributed by atoms with Crippen LogP contribution in [0.3, 0.4) is 0 Å². The molecule has 0 radical (unpaired) electrons. The lowest BCUT2D eigenvalue weighted by Crippen LogP contribution is -2.04. The first-order valence-electron chi connectivity index (χ1n) is 5.81. The third-order valence-electron chi connectivity index (χ3n) is 2.84. The minimum absolute atomic E-state index is 0.157. The van der Waals surface area contributed by atoms with Crippen LogP contribution in [0, 0.1) is 0 Å². The standard InChI is InChI=1S/C15H11ClO4/c16-9-10-1-3-11(4-2-10)14(17)12-5-7-13(8-6-12)15(18)20-19/h1-8,19H,9H2. The van der Waals surface area contributed by atoms with Gasteiger partial charge in [-0.1, -0.05) is 36.4 Å². The number of halogens is 1. The van der Waals surface area contributed by atoms with Gasteiger partial charge in [0.25, 0.3) is 0 Å². The summed E-state index contributed by atoms with van der Waals surface area (Å²) < 4.78 is 0. The van der Waals surface area contributed by atoms with E-state index in [-0.39, 0.29) is 11.3 Å². The molecule has 0 aliphatic carbocycles. The largest absolute Gasteiger partial charge is 0.372 e. The quantitative estimate of drug-likeness (QED) is 0.406. The molecule has 0 saturated carbocycles. The second-order valence-corrected chi connectivity index (χ2v) is 4.38. The summed E-state index contributed by atoms with van der Waals surface area (Å²) in [7, 11) is 0. The van der Waals surface area contributed by atoms with E-state index in [0.717, 1.165) is 5.56 Å². The average molecular weight is 291 g/mol. The summed E-state index contributed by atoms with van der Waals surface area (Å²) >= 11 is 5.69. The highest BCUT2D eigenvalue weighted by atomic mass is 35.5. The lowest BCUT2D eigenvalue weighted by Gasteiger charge is -2.03. The van der Waals surface area contributed by atoms with Crippen molar-refractivity contribution in [3.8, 4) is 0 Å². The first-order chi connectivity index (χ1) is 9.65. The molecule has 0 unspecified atom stereocenters. The van der Waals surface area contributed by atoms with Gasteiger partial charge >= 0.3 is 5.97 Å². The lowest BCUT2D eigenvalue weighted by molar-refractivity contribution is -0.182. The summed E-state index contributed by atoms with van der Waals surface area (Å²) in [5.74, 6) is -0.627. The average Bonchev–Trinajstić information content (AvgIpc) is 2.53. The molecule has 2 aromatic carbocycles. The van der Waals surface area contributed by atoms with Gasteiger partial charge < -0.3 is 0 Å². The van der Waals surface area contributed by atoms with E-state index in [1.807, 2.05) is 0 Å². The topological polar surface area (TPSA) is 63.6 Å². The fourth-order valence-electron chi connectivity index (χ4n) is 1.72. The van der Waals surface area contributed by atoms with E-state index in [4.69, 9.17) is 16.9 Å². The zero-order valence-corrected chi connectivity index (χ0v) is 11.1. The van der Waals surface area contributed by atoms with Gasteiger partial charge in [0.15, 0.2) is 5.78 Å². The van der Waals surface area contributed by atoms with Gasteiger partial charge in [0, 0.05) is 17.0 Å². The van der Waals surface area contributed by atoms with E-state index in [9.17, 15) is 9.59 Å². The maximum absolute atomic E-state index is 12.2. The van der Waals surface area contributed by atoms with Gasteiger partial charge in [-0.05, 0) is 17.7 Å². The number of hydrogen-bond donors (Lipinski definition) is 1. The molecule has 4 nitrogen and oxygen atoms in total. The maximum Gasteiger partial charge on any atom is 0.372 e. The molecule has 1 N–H and O–H groups in total. The Balaban J connectivity index is 2.22. The minimum atomic E-state index is -0.865. The Labute approximate surface area is 120 Å². The van der Waals surface area contributed by atoms with Crippen LogP contribution in [0.1, 0.15) is 31.8 Å². The van der Waals surface area contributed by atoms with E-state index in [0.29, 0.717) is 17.0 Å². The molecule has 0 aliphatic heterocycles. The molecule has 0 aliphatic rings. The summed E-state index contributed by atoms with van der Waals surface area (Å²) in [6.45, 7) is 0. The summed E-state index contributed by atoms with van der Waals surface area (Å²) in [5.41, 5.74) is 2.08. The van der Waals surface area contributed by atoms with E-state index in [2.05, 4.69) is 4.89 Å². The molecule has 2 rings (SSSR count). The Morgan fingerprint density at radius 1 is 0.900 bits per heavy atom. The Hall–Kier alpha value is -2.17. The van der Waals surface area contributed by atoms with Crippen molar-refractivity contribution in [2.24, 2.45) is 0 Å². The predicted molar refractivity (Wildman–Crippen MR) is 73.9 cm³/mol. The van der Waals surface area contributed by atoms with Crippen LogP contribution in [0.25, 0.3) is 0 Å². The van der Waals surface area contributed by atoms with Crippen molar-refractivity contribution in [2.45, 2.75) is 5.88 Å². The van der Waals surface area contributed by atoms with Gasteiger partial charge in [0.1, 0.15) is 0 Å². The van der Waals surface area contributed by atoms with E-state index >= 15 is 0 Å². The van der Waals surface area contributed by atoms with Crippen LogP contribution in [-0.2, 0) is 10.8 Å². The number of ketones is 1. The number of alkyl halides is 1. The predicted octanol–water partition coefficient (Wildman–Crippen LogP) is 3.29. The van der Waals surface area contributed by atoms with E-state index < -0.39 is 5.97 Å². The molecule has 0 bridgehead atoms. The Morgan fingerprint density at radius 2 is 1.35 bits per heavy atom. The fourth-order valence-corrected chi connectivity index (χ4v) is 1.90. The Kier molecular flexibility index (Phi) is 4.50.